The number of hydrogen-bond donors (Lipinski definition) is 2. The SMILES string of the molecule is O=C(CCCC1CCCCC1)NC1CCNC1. The fourth-order valence-corrected chi connectivity index (χ4v) is 3.10. The largest absolute Gasteiger partial charge is 0.352 e. The molecule has 0 spiro atoms. The van der Waals surface area contributed by atoms with Gasteiger partial charge in [0.25, 0.3) is 0 Å². The fraction of sp³-hybridized carbons (Fsp3) is 0.929. The summed E-state index contributed by atoms with van der Waals surface area (Å²) in [4.78, 5) is 11.7. The summed E-state index contributed by atoms with van der Waals surface area (Å²) in [5.41, 5.74) is 0. The number of carbonyl (C=O) groups is 1. The molecule has 1 aliphatic heterocycles. The van der Waals surface area contributed by atoms with Gasteiger partial charge in [0.2, 0.25) is 5.91 Å². The number of rotatable bonds is 5. The van der Waals surface area contributed by atoms with Gasteiger partial charge in [0.05, 0.1) is 0 Å². The molecule has 0 aromatic heterocycles. The van der Waals surface area contributed by atoms with E-state index in [0.29, 0.717) is 6.04 Å². The standard InChI is InChI=1S/C14H26N2O/c17-14(16-13-9-10-15-11-13)8-4-7-12-5-2-1-3-6-12/h12-13,15H,1-11H2,(H,16,17). The lowest BCUT2D eigenvalue weighted by Gasteiger charge is -2.21. The van der Waals surface area contributed by atoms with Crippen molar-refractivity contribution in [2.75, 3.05) is 13.1 Å². The minimum atomic E-state index is 0.259. The molecule has 1 saturated heterocycles. The quantitative estimate of drug-likeness (QED) is 0.771. The molecule has 0 bridgehead atoms. The third-order valence-corrected chi connectivity index (χ3v) is 4.17. The van der Waals surface area contributed by atoms with E-state index in [0.717, 1.165) is 38.3 Å². The van der Waals surface area contributed by atoms with Crippen molar-refractivity contribution in [1.82, 2.24) is 10.6 Å². The van der Waals surface area contributed by atoms with Crippen molar-refractivity contribution in [3.63, 3.8) is 0 Å². The summed E-state index contributed by atoms with van der Waals surface area (Å²) in [6, 6.07) is 0.386. The Balaban J connectivity index is 1.53. The van der Waals surface area contributed by atoms with Crippen LogP contribution in [-0.2, 0) is 4.79 Å². The van der Waals surface area contributed by atoms with Crippen LogP contribution < -0.4 is 10.6 Å². The second kappa shape index (κ2) is 7.00. The van der Waals surface area contributed by atoms with Crippen LogP contribution in [0.25, 0.3) is 0 Å². The topological polar surface area (TPSA) is 41.1 Å². The van der Waals surface area contributed by atoms with Crippen molar-refractivity contribution >= 4 is 5.91 Å². The molecule has 1 saturated carbocycles. The zero-order valence-electron chi connectivity index (χ0n) is 10.8. The highest BCUT2D eigenvalue weighted by Crippen LogP contribution is 2.27. The molecule has 3 nitrogen and oxygen atoms in total. The van der Waals surface area contributed by atoms with E-state index >= 15 is 0 Å². The van der Waals surface area contributed by atoms with Crippen molar-refractivity contribution in [1.29, 1.82) is 0 Å². The van der Waals surface area contributed by atoms with Crippen LogP contribution in [0.5, 0.6) is 0 Å². The van der Waals surface area contributed by atoms with E-state index in [1.807, 2.05) is 0 Å². The van der Waals surface area contributed by atoms with E-state index in [-0.39, 0.29) is 5.91 Å². The molecule has 2 N–H and O–H groups in total. The zero-order valence-corrected chi connectivity index (χ0v) is 10.8. The van der Waals surface area contributed by atoms with Crippen molar-refractivity contribution in [2.24, 2.45) is 5.92 Å². The van der Waals surface area contributed by atoms with E-state index in [1.165, 1.54) is 38.5 Å². The number of hydrogen-bond acceptors (Lipinski definition) is 2. The third-order valence-electron chi connectivity index (χ3n) is 4.17. The molecule has 0 aromatic carbocycles. The average Bonchev–Trinajstić information content (AvgIpc) is 2.83. The summed E-state index contributed by atoms with van der Waals surface area (Å²) in [7, 11) is 0. The molecule has 98 valence electrons. The van der Waals surface area contributed by atoms with Gasteiger partial charge in [0.15, 0.2) is 0 Å². The van der Waals surface area contributed by atoms with Crippen molar-refractivity contribution in [3.8, 4) is 0 Å². The van der Waals surface area contributed by atoms with Gasteiger partial charge < -0.3 is 10.6 Å². The number of carbonyl (C=O) groups excluding carboxylic acids is 1. The first-order chi connectivity index (χ1) is 8.34. The van der Waals surface area contributed by atoms with Crippen molar-refractivity contribution in [3.05, 3.63) is 0 Å². The Morgan fingerprint density at radius 2 is 2.00 bits per heavy atom. The molecule has 2 rings (SSSR count). The molecular weight excluding hydrogens is 212 g/mol. The lowest BCUT2D eigenvalue weighted by atomic mass is 9.86. The minimum absolute atomic E-state index is 0.259. The van der Waals surface area contributed by atoms with E-state index in [1.54, 1.807) is 0 Å². The Morgan fingerprint density at radius 1 is 1.18 bits per heavy atom. The molecule has 0 radical (unpaired) electrons. The van der Waals surface area contributed by atoms with Gasteiger partial charge in [-0.2, -0.15) is 0 Å². The fourth-order valence-electron chi connectivity index (χ4n) is 3.10. The van der Waals surface area contributed by atoms with E-state index in [2.05, 4.69) is 10.6 Å². The highest BCUT2D eigenvalue weighted by Gasteiger charge is 2.17. The normalized spacial score (nSPS) is 26.0. The summed E-state index contributed by atoms with van der Waals surface area (Å²) >= 11 is 0. The summed E-state index contributed by atoms with van der Waals surface area (Å²) in [5.74, 6) is 1.17. The minimum Gasteiger partial charge on any atom is -0.352 e. The first kappa shape index (κ1) is 12.9. The molecule has 1 unspecified atom stereocenters. The predicted molar refractivity (Wildman–Crippen MR) is 69.8 cm³/mol. The molecule has 2 fully saturated rings. The molecule has 17 heavy (non-hydrogen) atoms. The molecule has 1 amide bonds. The van der Waals surface area contributed by atoms with Crippen molar-refractivity contribution < 1.29 is 4.79 Å². The first-order valence-corrected chi connectivity index (χ1v) is 7.34. The van der Waals surface area contributed by atoms with Gasteiger partial charge in [-0.25, -0.2) is 0 Å². The third kappa shape index (κ3) is 4.66. The lowest BCUT2D eigenvalue weighted by Crippen LogP contribution is -2.36. The van der Waals surface area contributed by atoms with Crippen LogP contribution in [0.3, 0.4) is 0 Å². The lowest BCUT2D eigenvalue weighted by molar-refractivity contribution is -0.121. The second-order valence-corrected chi connectivity index (χ2v) is 5.65. The van der Waals surface area contributed by atoms with E-state index < -0.39 is 0 Å². The molecular formula is C14H26N2O. The predicted octanol–water partition coefficient (Wildman–Crippen LogP) is 2.22. The van der Waals surface area contributed by atoms with Gasteiger partial charge in [-0.3, -0.25) is 4.79 Å². The van der Waals surface area contributed by atoms with Crippen LogP contribution >= 0.6 is 0 Å². The molecule has 0 aromatic rings. The van der Waals surface area contributed by atoms with Crippen LogP contribution in [0.15, 0.2) is 0 Å². The van der Waals surface area contributed by atoms with Crippen LogP contribution in [0.1, 0.15) is 57.8 Å². The van der Waals surface area contributed by atoms with Crippen LogP contribution in [-0.4, -0.2) is 25.0 Å². The van der Waals surface area contributed by atoms with Gasteiger partial charge in [-0.15, -0.1) is 0 Å². The zero-order chi connectivity index (χ0) is 11.9. The van der Waals surface area contributed by atoms with Gasteiger partial charge in [0, 0.05) is 19.0 Å². The Bertz CT molecular complexity index is 230. The summed E-state index contributed by atoms with van der Waals surface area (Å²) in [6.07, 6.45) is 11.2. The molecule has 3 heteroatoms. The highest BCUT2D eigenvalue weighted by atomic mass is 16.1. The van der Waals surface area contributed by atoms with Crippen LogP contribution in [0.2, 0.25) is 0 Å². The van der Waals surface area contributed by atoms with Gasteiger partial charge in [0.1, 0.15) is 0 Å². The first-order valence-electron chi connectivity index (χ1n) is 7.34. The molecule has 2 aliphatic rings. The Morgan fingerprint density at radius 3 is 2.71 bits per heavy atom. The van der Waals surface area contributed by atoms with Gasteiger partial charge in [-0.1, -0.05) is 32.1 Å². The van der Waals surface area contributed by atoms with Gasteiger partial charge in [-0.05, 0) is 31.7 Å². The Kier molecular flexibility index (Phi) is 5.30. The summed E-state index contributed by atoms with van der Waals surface area (Å²) < 4.78 is 0. The van der Waals surface area contributed by atoms with Crippen LogP contribution in [0, 0.1) is 5.92 Å². The Hall–Kier alpha value is -0.570. The summed E-state index contributed by atoms with van der Waals surface area (Å²) in [5, 5.41) is 6.39. The maximum atomic E-state index is 11.7. The van der Waals surface area contributed by atoms with Crippen LogP contribution in [0.4, 0.5) is 0 Å². The van der Waals surface area contributed by atoms with Crippen molar-refractivity contribution in [2.45, 2.75) is 63.8 Å². The maximum Gasteiger partial charge on any atom is 0.220 e. The van der Waals surface area contributed by atoms with Gasteiger partial charge >= 0.3 is 0 Å². The number of nitrogens with one attached hydrogen (secondary N) is 2. The monoisotopic (exact) mass is 238 g/mol. The number of amides is 1. The highest BCUT2D eigenvalue weighted by molar-refractivity contribution is 5.76. The average molecular weight is 238 g/mol. The van der Waals surface area contributed by atoms with E-state index in [9.17, 15) is 4.79 Å². The second-order valence-electron chi connectivity index (χ2n) is 5.65. The van der Waals surface area contributed by atoms with E-state index in [4.69, 9.17) is 0 Å². The molecule has 1 aliphatic carbocycles. The summed E-state index contributed by atoms with van der Waals surface area (Å²) in [6.45, 7) is 2.00. The maximum absolute atomic E-state index is 11.7. The smallest absolute Gasteiger partial charge is 0.220 e. The molecule has 1 heterocycles. The molecule has 1 atom stereocenters. The Labute approximate surface area is 105 Å².